The largest absolute Gasteiger partial charge is 0.478 e. The van der Waals surface area contributed by atoms with Gasteiger partial charge in [0.1, 0.15) is 0 Å². The third-order valence-electron chi connectivity index (χ3n) is 1.98. The van der Waals surface area contributed by atoms with Crippen molar-refractivity contribution < 1.29 is 9.90 Å². The van der Waals surface area contributed by atoms with Crippen LogP contribution in [0.25, 0.3) is 6.08 Å². The van der Waals surface area contributed by atoms with Crippen molar-refractivity contribution in [3.05, 3.63) is 78.4 Å². The Morgan fingerprint density at radius 2 is 1.88 bits per heavy atom. The standard InChI is InChI=1S/C15H14O2/c1-2-3-7-14(12-15(16)17)11-10-13-8-5-4-6-9-13/h2-12H,1H2,(H,16,17). The number of hydrogen-bond acceptors (Lipinski definition) is 1. The first-order valence-electron chi connectivity index (χ1n) is 5.19. The van der Waals surface area contributed by atoms with Gasteiger partial charge in [-0.15, -0.1) is 0 Å². The third-order valence-corrected chi connectivity index (χ3v) is 1.98. The molecule has 1 N–H and O–H groups in total. The second-order valence-electron chi connectivity index (χ2n) is 3.32. The molecule has 0 atom stereocenters. The molecule has 17 heavy (non-hydrogen) atoms. The predicted octanol–water partition coefficient (Wildman–Crippen LogP) is 3.45. The van der Waals surface area contributed by atoms with E-state index in [1.165, 1.54) is 0 Å². The molecule has 0 fully saturated rings. The van der Waals surface area contributed by atoms with E-state index in [1.54, 1.807) is 24.3 Å². The van der Waals surface area contributed by atoms with E-state index in [-0.39, 0.29) is 0 Å². The van der Waals surface area contributed by atoms with E-state index in [4.69, 9.17) is 5.11 Å². The van der Waals surface area contributed by atoms with E-state index in [9.17, 15) is 4.79 Å². The van der Waals surface area contributed by atoms with Crippen LogP contribution in [0.15, 0.2) is 72.9 Å². The van der Waals surface area contributed by atoms with Crippen LogP contribution in [-0.4, -0.2) is 11.1 Å². The SMILES string of the molecule is C=CC=CC(C=Cc1ccccc1)=CC(=O)O. The van der Waals surface area contributed by atoms with Gasteiger partial charge in [-0.2, -0.15) is 0 Å². The monoisotopic (exact) mass is 226 g/mol. The highest BCUT2D eigenvalue weighted by Crippen LogP contribution is 2.06. The molecule has 1 aromatic rings. The van der Waals surface area contributed by atoms with Crippen molar-refractivity contribution in [1.29, 1.82) is 0 Å². The van der Waals surface area contributed by atoms with E-state index in [0.717, 1.165) is 11.6 Å². The van der Waals surface area contributed by atoms with Crippen molar-refractivity contribution in [2.75, 3.05) is 0 Å². The molecule has 1 rings (SSSR count). The van der Waals surface area contributed by atoms with Crippen molar-refractivity contribution in [3.8, 4) is 0 Å². The maximum atomic E-state index is 10.6. The molecule has 0 saturated heterocycles. The fourth-order valence-electron chi connectivity index (χ4n) is 1.23. The summed E-state index contributed by atoms with van der Waals surface area (Å²) < 4.78 is 0. The van der Waals surface area contributed by atoms with Gasteiger partial charge in [-0.3, -0.25) is 0 Å². The second-order valence-corrected chi connectivity index (χ2v) is 3.32. The van der Waals surface area contributed by atoms with Crippen molar-refractivity contribution in [2.24, 2.45) is 0 Å². The number of hydrogen-bond donors (Lipinski definition) is 1. The molecule has 86 valence electrons. The minimum absolute atomic E-state index is 0.612. The van der Waals surface area contributed by atoms with Crippen LogP contribution in [0, 0.1) is 0 Å². The molecule has 0 heterocycles. The molecule has 0 amide bonds. The Balaban J connectivity index is 2.87. The molecule has 1 aromatic carbocycles. The molecule has 0 aliphatic heterocycles. The van der Waals surface area contributed by atoms with Crippen LogP contribution in [0.5, 0.6) is 0 Å². The zero-order valence-corrected chi connectivity index (χ0v) is 9.41. The smallest absolute Gasteiger partial charge is 0.328 e. The number of carboxylic acids is 1. The summed E-state index contributed by atoms with van der Waals surface area (Å²) in [7, 11) is 0. The quantitative estimate of drug-likeness (QED) is 0.616. The first kappa shape index (κ1) is 12.7. The highest BCUT2D eigenvalue weighted by molar-refractivity contribution is 5.82. The van der Waals surface area contributed by atoms with Crippen molar-refractivity contribution in [1.82, 2.24) is 0 Å². The molecule has 0 spiro atoms. The number of rotatable bonds is 5. The Hall–Kier alpha value is -2.35. The van der Waals surface area contributed by atoms with Crippen molar-refractivity contribution >= 4 is 12.0 Å². The lowest BCUT2D eigenvalue weighted by Crippen LogP contribution is -1.88. The molecule has 0 bridgehead atoms. The van der Waals surface area contributed by atoms with Gasteiger partial charge in [0.25, 0.3) is 0 Å². The van der Waals surface area contributed by atoms with Gasteiger partial charge in [-0.05, 0) is 11.1 Å². The van der Waals surface area contributed by atoms with Crippen LogP contribution in [0.2, 0.25) is 0 Å². The Morgan fingerprint density at radius 3 is 2.47 bits per heavy atom. The van der Waals surface area contributed by atoms with E-state index < -0.39 is 5.97 Å². The maximum absolute atomic E-state index is 10.6. The Labute approximate surface area is 101 Å². The van der Waals surface area contributed by atoms with Gasteiger partial charge >= 0.3 is 5.97 Å². The van der Waals surface area contributed by atoms with Crippen molar-refractivity contribution in [3.63, 3.8) is 0 Å². The number of carbonyl (C=O) groups is 1. The number of allylic oxidation sites excluding steroid dienone is 5. The topological polar surface area (TPSA) is 37.3 Å². The van der Waals surface area contributed by atoms with Gasteiger partial charge in [-0.25, -0.2) is 4.79 Å². The van der Waals surface area contributed by atoms with E-state index in [2.05, 4.69) is 6.58 Å². The van der Waals surface area contributed by atoms with E-state index >= 15 is 0 Å². The summed E-state index contributed by atoms with van der Waals surface area (Å²) in [6.07, 6.45) is 9.77. The molecule has 0 aliphatic carbocycles. The lowest BCUT2D eigenvalue weighted by atomic mass is 10.1. The summed E-state index contributed by atoms with van der Waals surface area (Å²) in [6, 6.07) is 9.70. The van der Waals surface area contributed by atoms with Gasteiger partial charge in [-0.1, -0.05) is 67.3 Å². The Morgan fingerprint density at radius 1 is 1.18 bits per heavy atom. The lowest BCUT2D eigenvalue weighted by Gasteiger charge is -1.93. The predicted molar refractivity (Wildman–Crippen MR) is 70.5 cm³/mol. The Bertz CT molecular complexity index is 465. The highest BCUT2D eigenvalue weighted by Gasteiger charge is 1.92. The average Bonchev–Trinajstić information content (AvgIpc) is 2.33. The number of benzene rings is 1. The van der Waals surface area contributed by atoms with Crippen LogP contribution in [0.4, 0.5) is 0 Å². The summed E-state index contributed by atoms with van der Waals surface area (Å²) in [4.78, 5) is 10.6. The van der Waals surface area contributed by atoms with Crippen molar-refractivity contribution in [2.45, 2.75) is 0 Å². The molecule has 0 aromatic heterocycles. The molecule has 0 unspecified atom stereocenters. The van der Waals surface area contributed by atoms with Crippen LogP contribution in [0.1, 0.15) is 5.56 Å². The molecular weight excluding hydrogens is 212 g/mol. The number of aliphatic carboxylic acids is 1. The zero-order chi connectivity index (χ0) is 12.5. The fourth-order valence-corrected chi connectivity index (χ4v) is 1.23. The minimum Gasteiger partial charge on any atom is -0.478 e. The summed E-state index contributed by atoms with van der Waals surface area (Å²) in [6.45, 7) is 3.54. The summed E-state index contributed by atoms with van der Waals surface area (Å²) >= 11 is 0. The summed E-state index contributed by atoms with van der Waals surface area (Å²) in [5.41, 5.74) is 1.64. The first-order chi connectivity index (χ1) is 8.22. The second kappa shape index (κ2) is 7.01. The van der Waals surface area contributed by atoms with Gasteiger partial charge in [0.05, 0.1) is 0 Å². The molecule has 0 aliphatic rings. The van der Waals surface area contributed by atoms with E-state index in [1.807, 2.05) is 36.4 Å². The highest BCUT2D eigenvalue weighted by atomic mass is 16.4. The maximum Gasteiger partial charge on any atom is 0.328 e. The van der Waals surface area contributed by atoms with Gasteiger partial charge in [0, 0.05) is 6.08 Å². The average molecular weight is 226 g/mol. The molecule has 2 nitrogen and oxygen atoms in total. The van der Waals surface area contributed by atoms with Crippen LogP contribution in [0.3, 0.4) is 0 Å². The molecule has 2 heteroatoms. The summed E-state index contributed by atoms with van der Waals surface area (Å²) in [5, 5.41) is 8.71. The molecule has 0 saturated carbocycles. The van der Waals surface area contributed by atoms with Gasteiger partial charge in [0.2, 0.25) is 0 Å². The summed E-state index contributed by atoms with van der Waals surface area (Å²) in [5.74, 6) is -0.966. The van der Waals surface area contributed by atoms with E-state index in [0.29, 0.717) is 5.57 Å². The third kappa shape index (κ3) is 5.33. The minimum atomic E-state index is -0.966. The molecular formula is C15H14O2. The van der Waals surface area contributed by atoms with Gasteiger partial charge < -0.3 is 5.11 Å². The zero-order valence-electron chi connectivity index (χ0n) is 9.41. The van der Waals surface area contributed by atoms with Crippen LogP contribution < -0.4 is 0 Å². The first-order valence-corrected chi connectivity index (χ1v) is 5.19. The molecule has 0 radical (unpaired) electrons. The fraction of sp³-hybridized carbons (Fsp3) is 0. The normalized spacial score (nSPS) is 12.1. The number of carboxylic acid groups (broad SMARTS) is 1. The van der Waals surface area contributed by atoms with Crippen LogP contribution >= 0.6 is 0 Å². The lowest BCUT2D eigenvalue weighted by molar-refractivity contribution is -0.131. The Kier molecular flexibility index (Phi) is 5.25. The van der Waals surface area contributed by atoms with Crippen LogP contribution in [-0.2, 0) is 4.79 Å². The van der Waals surface area contributed by atoms with Gasteiger partial charge in [0.15, 0.2) is 0 Å².